The van der Waals surface area contributed by atoms with Gasteiger partial charge in [0.2, 0.25) is 5.91 Å². The van der Waals surface area contributed by atoms with E-state index in [0.29, 0.717) is 23.6 Å². The van der Waals surface area contributed by atoms with Gasteiger partial charge in [-0.1, -0.05) is 23.8 Å². The summed E-state index contributed by atoms with van der Waals surface area (Å²) in [6, 6.07) is 5.18. The molecule has 2 rings (SSSR count). The van der Waals surface area contributed by atoms with Crippen molar-refractivity contribution >= 4 is 29.2 Å². The molecule has 106 valence electrons. The van der Waals surface area contributed by atoms with Crippen LogP contribution in [0.15, 0.2) is 30.4 Å². The van der Waals surface area contributed by atoms with Crippen LogP contribution in [-0.4, -0.2) is 17.0 Å². The number of amides is 1. The molecule has 0 aliphatic heterocycles. The summed E-state index contributed by atoms with van der Waals surface area (Å²) in [6.07, 6.45) is 4.52. The van der Waals surface area contributed by atoms with Gasteiger partial charge in [-0.3, -0.25) is 9.59 Å². The number of hydrogen-bond donors (Lipinski definition) is 2. The lowest BCUT2D eigenvalue weighted by Crippen LogP contribution is -2.34. The molecule has 5 heteroatoms. The monoisotopic (exact) mass is 293 g/mol. The zero-order valence-electron chi connectivity index (χ0n) is 11.1. The summed E-state index contributed by atoms with van der Waals surface area (Å²) in [7, 11) is 0. The molecule has 0 saturated heterocycles. The first-order chi connectivity index (χ1) is 9.49. The van der Waals surface area contributed by atoms with Crippen molar-refractivity contribution < 1.29 is 14.7 Å². The maximum Gasteiger partial charge on any atom is 0.307 e. The van der Waals surface area contributed by atoms with E-state index in [1.54, 1.807) is 18.2 Å². The summed E-state index contributed by atoms with van der Waals surface area (Å²) in [4.78, 5) is 23.5. The standard InChI is InChI=1S/C15H16ClNO3/c1-9-8-10(16)6-7-13(9)17-14(18)11-4-2-3-5-12(11)15(19)20/h2-3,6-8,11-12H,4-5H2,1H3,(H,17,18)(H,19,20)/t11-,12+/m0/s1. The molecular weight excluding hydrogens is 278 g/mol. The lowest BCUT2D eigenvalue weighted by Gasteiger charge is -2.24. The van der Waals surface area contributed by atoms with Gasteiger partial charge in [-0.15, -0.1) is 0 Å². The van der Waals surface area contributed by atoms with Crippen LogP contribution in [0, 0.1) is 18.8 Å². The predicted molar refractivity (Wildman–Crippen MR) is 77.8 cm³/mol. The molecule has 4 nitrogen and oxygen atoms in total. The fourth-order valence-corrected chi connectivity index (χ4v) is 2.60. The van der Waals surface area contributed by atoms with Gasteiger partial charge in [-0.25, -0.2) is 0 Å². The number of halogens is 1. The maximum atomic E-state index is 12.3. The Kier molecular flexibility index (Phi) is 4.45. The number of rotatable bonds is 3. The number of aryl methyl sites for hydroxylation is 1. The smallest absolute Gasteiger partial charge is 0.307 e. The average molecular weight is 294 g/mol. The molecule has 1 aliphatic carbocycles. The second-order valence-corrected chi connectivity index (χ2v) is 5.38. The summed E-state index contributed by atoms with van der Waals surface area (Å²) < 4.78 is 0. The van der Waals surface area contributed by atoms with Crippen molar-refractivity contribution in [2.45, 2.75) is 19.8 Å². The minimum absolute atomic E-state index is 0.257. The number of nitrogens with one attached hydrogen (secondary N) is 1. The van der Waals surface area contributed by atoms with Crippen molar-refractivity contribution in [1.29, 1.82) is 0 Å². The van der Waals surface area contributed by atoms with Crippen LogP contribution in [0.5, 0.6) is 0 Å². The number of carbonyl (C=O) groups excluding carboxylic acids is 1. The Morgan fingerprint density at radius 2 is 1.90 bits per heavy atom. The molecule has 1 amide bonds. The third-order valence-corrected chi connectivity index (χ3v) is 3.77. The molecule has 0 radical (unpaired) electrons. The molecule has 20 heavy (non-hydrogen) atoms. The van der Waals surface area contributed by atoms with Crippen LogP contribution in [0.4, 0.5) is 5.69 Å². The SMILES string of the molecule is Cc1cc(Cl)ccc1NC(=O)[C@H]1CC=CC[C@H]1C(=O)O. The molecule has 0 unspecified atom stereocenters. The molecule has 0 saturated carbocycles. The van der Waals surface area contributed by atoms with Crippen molar-refractivity contribution in [2.75, 3.05) is 5.32 Å². The van der Waals surface area contributed by atoms with E-state index in [4.69, 9.17) is 11.6 Å². The highest BCUT2D eigenvalue weighted by molar-refractivity contribution is 6.30. The average Bonchev–Trinajstić information content (AvgIpc) is 2.41. The second-order valence-electron chi connectivity index (χ2n) is 4.94. The van der Waals surface area contributed by atoms with E-state index in [1.165, 1.54) is 0 Å². The lowest BCUT2D eigenvalue weighted by atomic mass is 9.82. The van der Waals surface area contributed by atoms with E-state index in [2.05, 4.69) is 5.32 Å². The van der Waals surface area contributed by atoms with Crippen LogP contribution >= 0.6 is 11.6 Å². The van der Waals surface area contributed by atoms with Crippen molar-refractivity contribution in [2.24, 2.45) is 11.8 Å². The number of benzene rings is 1. The first-order valence-electron chi connectivity index (χ1n) is 6.44. The zero-order chi connectivity index (χ0) is 14.7. The topological polar surface area (TPSA) is 66.4 Å². The molecule has 0 spiro atoms. The Morgan fingerprint density at radius 3 is 2.50 bits per heavy atom. The van der Waals surface area contributed by atoms with E-state index in [9.17, 15) is 14.7 Å². The van der Waals surface area contributed by atoms with Gasteiger partial charge < -0.3 is 10.4 Å². The van der Waals surface area contributed by atoms with Crippen LogP contribution in [0.2, 0.25) is 5.02 Å². The summed E-state index contributed by atoms with van der Waals surface area (Å²) in [5.74, 6) is -2.38. The summed E-state index contributed by atoms with van der Waals surface area (Å²) >= 11 is 5.87. The Bertz CT molecular complexity index is 568. The third-order valence-electron chi connectivity index (χ3n) is 3.53. The normalized spacial score (nSPS) is 21.5. The first kappa shape index (κ1) is 14.6. The molecule has 1 aromatic carbocycles. The van der Waals surface area contributed by atoms with Gasteiger partial charge in [0.25, 0.3) is 0 Å². The van der Waals surface area contributed by atoms with E-state index in [0.717, 1.165) is 5.56 Å². The highest BCUT2D eigenvalue weighted by Crippen LogP contribution is 2.28. The fraction of sp³-hybridized carbons (Fsp3) is 0.333. The van der Waals surface area contributed by atoms with Gasteiger partial charge in [0.05, 0.1) is 11.8 Å². The van der Waals surface area contributed by atoms with Gasteiger partial charge in [0.15, 0.2) is 0 Å². The Morgan fingerprint density at radius 1 is 1.25 bits per heavy atom. The first-order valence-corrected chi connectivity index (χ1v) is 6.81. The van der Waals surface area contributed by atoms with Crippen LogP contribution in [0.1, 0.15) is 18.4 Å². The van der Waals surface area contributed by atoms with E-state index in [-0.39, 0.29) is 5.91 Å². The van der Waals surface area contributed by atoms with Crippen LogP contribution < -0.4 is 5.32 Å². The Labute approximate surface area is 122 Å². The molecule has 2 N–H and O–H groups in total. The second kappa shape index (κ2) is 6.09. The molecule has 0 fully saturated rings. The van der Waals surface area contributed by atoms with E-state index < -0.39 is 17.8 Å². The number of carboxylic acids is 1. The van der Waals surface area contributed by atoms with Gasteiger partial charge in [0.1, 0.15) is 0 Å². The molecule has 2 atom stereocenters. The predicted octanol–water partition coefficient (Wildman–Crippen LogP) is 3.25. The summed E-state index contributed by atoms with van der Waals surface area (Å²) in [6.45, 7) is 1.84. The van der Waals surface area contributed by atoms with Gasteiger partial charge in [-0.2, -0.15) is 0 Å². The number of aliphatic carboxylic acids is 1. The molecular formula is C15H16ClNO3. The number of anilines is 1. The van der Waals surface area contributed by atoms with Crippen molar-refractivity contribution in [3.8, 4) is 0 Å². The Hall–Kier alpha value is -1.81. The molecule has 0 aromatic heterocycles. The highest BCUT2D eigenvalue weighted by atomic mass is 35.5. The number of carbonyl (C=O) groups is 2. The number of allylic oxidation sites excluding steroid dienone is 2. The van der Waals surface area contributed by atoms with Crippen molar-refractivity contribution in [3.63, 3.8) is 0 Å². The van der Waals surface area contributed by atoms with Crippen molar-refractivity contribution in [3.05, 3.63) is 40.9 Å². The van der Waals surface area contributed by atoms with Gasteiger partial charge in [-0.05, 0) is 43.5 Å². The van der Waals surface area contributed by atoms with Gasteiger partial charge >= 0.3 is 5.97 Å². The Balaban J connectivity index is 2.14. The number of carboxylic acid groups (broad SMARTS) is 1. The molecule has 1 aliphatic rings. The molecule has 0 heterocycles. The third kappa shape index (κ3) is 3.20. The summed E-state index contributed by atoms with van der Waals surface area (Å²) in [5.41, 5.74) is 1.52. The zero-order valence-corrected chi connectivity index (χ0v) is 11.9. The maximum absolute atomic E-state index is 12.3. The lowest BCUT2D eigenvalue weighted by molar-refractivity contribution is -0.146. The quantitative estimate of drug-likeness (QED) is 0.841. The van der Waals surface area contributed by atoms with Crippen LogP contribution in [0.3, 0.4) is 0 Å². The molecule has 0 bridgehead atoms. The largest absolute Gasteiger partial charge is 0.481 e. The van der Waals surface area contributed by atoms with Crippen LogP contribution in [-0.2, 0) is 9.59 Å². The molecule has 1 aromatic rings. The minimum atomic E-state index is -0.928. The fourth-order valence-electron chi connectivity index (χ4n) is 2.37. The van der Waals surface area contributed by atoms with E-state index >= 15 is 0 Å². The summed E-state index contributed by atoms with van der Waals surface area (Å²) in [5, 5.41) is 12.6. The van der Waals surface area contributed by atoms with E-state index in [1.807, 2.05) is 19.1 Å². The minimum Gasteiger partial charge on any atom is -0.481 e. The van der Waals surface area contributed by atoms with Crippen LogP contribution in [0.25, 0.3) is 0 Å². The number of hydrogen-bond acceptors (Lipinski definition) is 2. The van der Waals surface area contributed by atoms with Crippen molar-refractivity contribution in [1.82, 2.24) is 0 Å². The van der Waals surface area contributed by atoms with Gasteiger partial charge in [0, 0.05) is 10.7 Å². The highest BCUT2D eigenvalue weighted by Gasteiger charge is 2.34.